The summed E-state index contributed by atoms with van der Waals surface area (Å²) >= 11 is 5.80. The lowest BCUT2D eigenvalue weighted by atomic mass is 10.1. The zero-order valence-corrected chi connectivity index (χ0v) is 8.34. The Bertz CT molecular complexity index is 385. The molecule has 0 fully saturated rings. The summed E-state index contributed by atoms with van der Waals surface area (Å²) < 4.78 is 0. The number of hydrogen-bond acceptors (Lipinski definition) is 2. The van der Waals surface area contributed by atoms with Crippen molar-refractivity contribution in [3.8, 4) is 0 Å². The van der Waals surface area contributed by atoms with Crippen LogP contribution < -0.4 is 0 Å². The maximum absolute atomic E-state index is 10.9. The van der Waals surface area contributed by atoms with Gasteiger partial charge in [-0.25, -0.2) is 4.79 Å². The minimum absolute atomic E-state index is 0.157. The van der Waals surface area contributed by atoms with E-state index in [9.17, 15) is 9.59 Å². The van der Waals surface area contributed by atoms with Crippen LogP contribution in [-0.4, -0.2) is 16.9 Å². The number of aryl methyl sites for hydroxylation is 1. The van der Waals surface area contributed by atoms with Crippen molar-refractivity contribution in [1.29, 1.82) is 0 Å². The molecule has 0 unspecified atom stereocenters. The fourth-order valence-corrected chi connectivity index (χ4v) is 1.27. The molecule has 0 radical (unpaired) electrons. The Morgan fingerprint density at radius 3 is 2.64 bits per heavy atom. The number of hydrogen-bond donors (Lipinski definition) is 1. The average Bonchev–Trinajstić information content (AvgIpc) is 2.11. The maximum Gasteiger partial charge on any atom is 0.372 e. The second-order valence-corrected chi connectivity index (χ2v) is 3.41. The van der Waals surface area contributed by atoms with Crippen LogP contribution in [-0.2, 0) is 16.0 Å². The van der Waals surface area contributed by atoms with E-state index in [1.54, 1.807) is 18.2 Å². The van der Waals surface area contributed by atoms with E-state index >= 15 is 0 Å². The fraction of sp³-hybridized carbons (Fsp3) is 0.200. The molecule has 74 valence electrons. The third-order valence-electron chi connectivity index (χ3n) is 1.79. The number of benzene rings is 1. The zero-order valence-electron chi connectivity index (χ0n) is 7.58. The lowest BCUT2D eigenvalue weighted by Crippen LogP contribution is -2.15. The summed E-state index contributed by atoms with van der Waals surface area (Å²) in [5.74, 6) is -2.28. The maximum atomic E-state index is 10.9. The molecule has 14 heavy (non-hydrogen) atoms. The van der Waals surface area contributed by atoms with Crippen molar-refractivity contribution >= 4 is 23.4 Å². The number of carboxylic acid groups (broad SMARTS) is 1. The molecule has 0 aliphatic carbocycles. The van der Waals surface area contributed by atoms with E-state index in [0.29, 0.717) is 10.6 Å². The number of carboxylic acids is 1. The van der Waals surface area contributed by atoms with Gasteiger partial charge in [0.05, 0.1) is 0 Å². The Kier molecular flexibility index (Phi) is 3.25. The standard InChI is InChI=1S/C10H9ClO3/c1-6-2-3-8(11)7(4-6)5-9(12)10(13)14/h2-4H,5H2,1H3,(H,13,14). The highest BCUT2D eigenvalue weighted by atomic mass is 35.5. The molecule has 1 rings (SSSR count). The summed E-state index contributed by atoms with van der Waals surface area (Å²) in [5, 5.41) is 8.83. The van der Waals surface area contributed by atoms with Gasteiger partial charge in [0, 0.05) is 11.4 Å². The van der Waals surface area contributed by atoms with E-state index in [4.69, 9.17) is 16.7 Å². The molecule has 4 heteroatoms. The molecule has 0 aliphatic heterocycles. The van der Waals surface area contributed by atoms with E-state index < -0.39 is 11.8 Å². The first-order chi connectivity index (χ1) is 6.50. The van der Waals surface area contributed by atoms with Crippen LogP contribution in [0.4, 0.5) is 0 Å². The first-order valence-electron chi connectivity index (χ1n) is 4.02. The Balaban J connectivity index is 2.91. The van der Waals surface area contributed by atoms with Gasteiger partial charge in [-0.05, 0) is 18.6 Å². The van der Waals surface area contributed by atoms with Crippen LogP contribution in [0.15, 0.2) is 18.2 Å². The highest BCUT2D eigenvalue weighted by Gasteiger charge is 2.13. The molecule has 0 bridgehead atoms. The molecule has 0 atom stereocenters. The van der Waals surface area contributed by atoms with Crippen molar-refractivity contribution in [3.63, 3.8) is 0 Å². The number of halogens is 1. The van der Waals surface area contributed by atoms with Crippen LogP contribution in [0.2, 0.25) is 5.02 Å². The van der Waals surface area contributed by atoms with Crippen molar-refractivity contribution < 1.29 is 14.7 Å². The molecule has 1 aromatic carbocycles. The minimum atomic E-state index is -1.43. The normalized spacial score (nSPS) is 9.86. The largest absolute Gasteiger partial charge is 0.475 e. The highest BCUT2D eigenvalue weighted by Crippen LogP contribution is 2.17. The highest BCUT2D eigenvalue weighted by molar-refractivity contribution is 6.35. The molecule has 0 aliphatic rings. The van der Waals surface area contributed by atoms with Crippen LogP contribution in [0.5, 0.6) is 0 Å². The van der Waals surface area contributed by atoms with E-state index in [1.165, 1.54) is 0 Å². The summed E-state index contributed by atoms with van der Waals surface area (Å²) in [7, 11) is 0. The van der Waals surface area contributed by atoms with Crippen molar-refractivity contribution in [2.45, 2.75) is 13.3 Å². The minimum Gasteiger partial charge on any atom is -0.475 e. The van der Waals surface area contributed by atoms with Crippen molar-refractivity contribution in [3.05, 3.63) is 34.3 Å². The molecule has 0 heterocycles. The third kappa shape index (κ3) is 2.57. The van der Waals surface area contributed by atoms with Gasteiger partial charge in [-0.1, -0.05) is 29.3 Å². The van der Waals surface area contributed by atoms with Gasteiger partial charge in [-0.2, -0.15) is 0 Å². The first-order valence-corrected chi connectivity index (χ1v) is 4.39. The van der Waals surface area contributed by atoms with Gasteiger partial charge < -0.3 is 5.11 Å². The van der Waals surface area contributed by atoms with Gasteiger partial charge in [0.15, 0.2) is 0 Å². The van der Waals surface area contributed by atoms with E-state index in [2.05, 4.69) is 0 Å². The lowest BCUT2D eigenvalue weighted by molar-refractivity contribution is -0.148. The Morgan fingerprint density at radius 1 is 1.43 bits per heavy atom. The van der Waals surface area contributed by atoms with Gasteiger partial charge >= 0.3 is 5.97 Å². The Morgan fingerprint density at radius 2 is 2.07 bits per heavy atom. The van der Waals surface area contributed by atoms with Crippen LogP contribution in [0.1, 0.15) is 11.1 Å². The molecule has 0 saturated heterocycles. The van der Waals surface area contributed by atoms with Crippen molar-refractivity contribution in [2.75, 3.05) is 0 Å². The predicted octanol–water partition coefficient (Wildman–Crippen LogP) is 1.84. The number of aliphatic carboxylic acids is 1. The quantitative estimate of drug-likeness (QED) is 0.778. The second-order valence-electron chi connectivity index (χ2n) is 3.00. The van der Waals surface area contributed by atoms with E-state index in [0.717, 1.165) is 5.56 Å². The average molecular weight is 213 g/mol. The van der Waals surface area contributed by atoms with Gasteiger partial charge in [0.2, 0.25) is 5.78 Å². The van der Waals surface area contributed by atoms with Gasteiger partial charge in [-0.15, -0.1) is 0 Å². The number of Topliss-reactive ketones (excluding diaryl/α,β-unsaturated/α-hetero) is 1. The molecule has 0 saturated carbocycles. The van der Waals surface area contributed by atoms with Crippen LogP contribution in [0, 0.1) is 6.92 Å². The number of carbonyl (C=O) groups is 2. The SMILES string of the molecule is Cc1ccc(Cl)c(CC(=O)C(=O)O)c1. The Hall–Kier alpha value is -1.35. The van der Waals surface area contributed by atoms with Gasteiger partial charge in [-0.3, -0.25) is 4.79 Å². The molecule has 1 aromatic rings. The molecule has 0 amide bonds. The monoisotopic (exact) mass is 212 g/mol. The summed E-state index contributed by atoms with van der Waals surface area (Å²) in [6, 6.07) is 5.17. The fourth-order valence-electron chi connectivity index (χ4n) is 1.09. The summed E-state index contributed by atoms with van der Waals surface area (Å²) in [4.78, 5) is 21.2. The topological polar surface area (TPSA) is 54.4 Å². The molecule has 0 aromatic heterocycles. The van der Waals surface area contributed by atoms with E-state index in [1.807, 2.05) is 6.92 Å². The molecule has 1 N–H and O–H groups in total. The summed E-state index contributed by atoms with van der Waals surface area (Å²) in [6.45, 7) is 1.85. The van der Waals surface area contributed by atoms with E-state index in [-0.39, 0.29) is 6.42 Å². The first kappa shape index (κ1) is 10.7. The van der Waals surface area contributed by atoms with Crippen LogP contribution >= 0.6 is 11.6 Å². The third-order valence-corrected chi connectivity index (χ3v) is 2.16. The number of rotatable bonds is 3. The number of carbonyl (C=O) groups excluding carboxylic acids is 1. The molecular formula is C10H9ClO3. The smallest absolute Gasteiger partial charge is 0.372 e. The summed E-state index contributed by atoms with van der Waals surface area (Å²) in [6.07, 6.45) is -0.157. The van der Waals surface area contributed by atoms with Crippen molar-refractivity contribution in [1.82, 2.24) is 0 Å². The second kappa shape index (κ2) is 4.24. The van der Waals surface area contributed by atoms with Crippen LogP contribution in [0.25, 0.3) is 0 Å². The van der Waals surface area contributed by atoms with Crippen molar-refractivity contribution in [2.24, 2.45) is 0 Å². The summed E-state index contributed by atoms with van der Waals surface area (Å²) in [5.41, 5.74) is 1.50. The lowest BCUT2D eigenvalue weighted by Gasteiger charge is -2.02. The van der Waals surface area contributed by atoms with Gasteiger partial charge in [0.25, 0.3) is 0 Å². The number of ketones is 1. The zero-order chi connectivity index (χ0) is 10.7. The molecule has 3 nitrogen and oxygen atoms in total. The molecular weight excluding hydrogens is 204 g/mol. The molecule has 0 spiro atoms. The Labute approximate surface area is 86.3 Å². The van der Waals surface area contributed by atoms with Crippen LogP contribution in [0.3, 0.4) is 0 Å². The van der Waals surface area contributed by atoms with Gasteiger partial charge in [0.1, 0.15) is 0 Å². The predicted molar refractivity (Wildman–Crippen MR) is 52.5 cm³/mol.